The average molecular weight is 395 g/mol. The summed E-state index contributed by atoms with van der Waals surface area (Å²) in [6.07, 6.45) is 1.64. The number of hydrogen-bond donors (Lipinski definition) is 2. The first-order valence-corrected chi connectivity index (χ1v) is 9.14. The van der Waals surface area contributed by atoms with E-state index >= 15 is 0 Å². The summed E-state index contributed by atoms with van der Waals surface area (Å²) in [6, 6.07) is 6.88. The Hall–Kier alpha value is -2.38. The lowest BCUT2D eigenvalue weighted by molar-refractivity contribution is -0.149. The molecule has 1 unspecified atom stereocenters. The summed E-state index contributed by atoms with van der Waals surface area (Å²) >= 11 is 7.74. The van der Waals surface area contributed by atoms with Crippen LogP contribution in [0.25, 0.3) is 16.2 Å². The SMILES string of the molecule is CC(C)NC(=O)NC(=O)C(C)OC(=O)/C=C/c1sc2ccccc2c1Cl. The summed E-state index contributed by atoms with van der Waals surface area (Å²) in [5.74, 6) is -1.41. The number of fused-ring (bicyclic) bond motifs is 1. The zero-order chi connectivity index (χ0) is 19.3. The van der Waals surface area contributed by atoms with Gasteiger partial charge < -0.3 is 10.1 Å². The van der Waals surface area contributed by atoms with Gasteiger partial charge in [0.05, 0.1) is 5.02 Å². The predicted molar refractivity (Wildman–Crippen MR) is 103 cm³/mol. The molecule has 1 aromatic heterocycles. The fourth-order valence-corrected chi connectivity index (χ4v) is 3.46. The van der Waals surface area contributed by atoms with Gasteiger partial charge in [0.15, 0.2) is 6.10 Å². The molecule has 26 heavy (non-hydrogen) atoms. The highest BCUT2D eigenvalue weighted by Gasteiger charge is 2.19. The summed E-state index contributed by atoms with van der Waals surface area (Å²) in [7, 11) is 0. The third-order valence-corrected chi connectivity index (χ3v) is 4.90. The fourth-order valence-electron chi connectivity index (χ4n) is 2.06. The highest BCUT2D eigenvalue weighted by Crippen LogP contribution is 2.35. The first-order valence-electron chi connectivity index (χ1n) is 7.95. The molecule has 0 radical (unpaired) electrons. The first-order chi connectivity index (χ1) is 12.3. The van der Waals surface area contributed by atoms with E-state index in [1.165, 1.54) is 24.3 Å². The van der Waals surface area contributed by atoms with Gasteiger partial charge in [-0.05, 0) is 32.9 Å². The van der Waals surface area contributed by atoms with Gasteiger partial charge in [0.1, 0.15) is 0 Å². The Morgan fingerprint density at radius 1 is 1.19 bits per heavy atom. The van der Waals surface area contributed by atoms with Crippen molar-refractivity contribution in [2.75, 3.05) is 0 Å². The van der Waals surface area contributed by atoms with E-state index < -0.39 is 24.0 Å². The molecule has 0 aliphatic rings. The lowest BCUT2D eigenvalue weighted by atomic mass is 10.2. The highest BCUT2D eigenvalue weighted by molar-refractivity contribution is 7.20. The normalized spacial score (nSPS) is 12.3. The molecule has 2 aromatic rings. The topological polar surface area (TPSA) is 84.5 Å². The molecule has 138 valence electrons. The van der Waals surface area contributed by atoms with Gasteiger partial charge in [-0.15, -0.1) is 11.3 Å². The number of esters is 1. The summed E-state index contributed by atoms with van der Waals surface area (Å²) in [4.78, 5) is 35.9. The van der Waals surface area contributed by atoms with E-state index in [-0.39, 0.29) is 6.04 Å². The minimum Gasteiger partial charge on any atom is -0.449 e. The van der Waals surface area contributed by atoms with Gasteiger partial charge in [0, 0.05) is 27.1 Å². The molecule has 2 rings (SSSR count). The van der Waals surface area contributed by atoms with Crippen LogP contribution in [0.4, 0.5) is 4.79 Å². The number of benzene rings is 1. The fraction of sp³-hybridized carbons (Fsp3) is 0.278. The first kappa shape index (κ1) is 19.9. The van der Waals surface area contributed by atoms with Gasteiger partial charge in [-0.3, -0.25) is 10.1 Å². The van der Waals surface area contributed by atoms with Crippen LogP contribution < -0.4 is 10.6 Å². The molecule has 1 aromatic carbocycles. The highest BCUT2D eigenvalue weighted by atomic mass is 35.5. The molecule has 0 fully saturated rings. The molecule has 8 heteroatoms. The van der Waals surface area contributed by atoms with Gasteiger partial charge >= 0.3 is 12.0 Å². The van der Waals surface area contributed by atoms with Crippen LogP contribution in [0.5, 0.6) is 0 Å². The smallest absolute Gasteiger partial charge is 0.331 e. The van der Waals surface area contributed by atoms with Crippen molar-refractivity contribution in [2.24, 2.45) is 0 Å². The number of hydrogen-bond acceptors (Lipinski definition) is 5. The number of ether oxygens (including phenoxy) is 1. The molecule has 0 spiro atoms. The van der Waals surface area contributed by atoms with E-state index in [4.69, 9.17) is 16.3 Å². The van der Waals surface area contributed by atoms with Gasteiger partial charge in [0.25, 0.3) is 5.91 Å². The summed E-state index contributed by atoms with van der Waals surface area (Å²) in [5.41, 5.74) is 0. The minimum atomic E-state index is -1.11. The molecule has 1 heterocycles. The van der Waals surface area contributed by atoms with Crippen LogP contribution in [0.15, 0.2) is 30.3 Å². The number of urea groups is 1. The molecule has 3 amide bonds. The molecule has 0 saturated carbocycles. The molecule has 0 aliphatic carbocycles. The molecule has 0 aliphatic heterocycles. The summed E-state index contributed by atoms with van der Waals surface area (Å²) in [6.45, 7) is 4.91. The molecular formula is C18H19ClN2O4S. The monoisotopic (exact) mass is 394 g/mol. The number of thiophene rings is 1. The average Bonchev–Trinajstić information content (AvgIpc) is 2.88. The van der Waals surface area contributed by atoms with Crippen LogP contribution in [0, 0.1) is 0 Å². The second-order valence-electron chi connectivity index (χ2n) is 5.81. The summed E-state index contributed by atoms with van der Waals surface area (Å²) < 4.78 is 6.01. The number of nitrogens with one attached hydrogen (secondary N) is 2. The van der Waals surface area contributed by atoms with E-state index in [0.717, 1.165) is 15.0 Å². The predicted octanol–water partition coefficient (Wildman–Crippen LogP) is 3.73. The Labute approximate surface area is 160 Å². The van der Waals surface area contributed by atoms with Crippen LogP contribution in [0.1, 0.15) is 25.6 Å². The zero-order valence-electron chi connectivity index (χ0n) is 14.5. The van der Waals surface area contributed by atoms with Crippen molar-refractivity contribution < 1.29 is 19.1 Å². The van der Waals surface area contributed by atoms with Gasteiger partial charge in [0.2, 0.25) is 0 Å². The number of rotatable bonds is 5. The van der Waals surface area contributed by atoms with Crippen molar-refractivity contribution >= 4 is 57.0 Å². The summed E-state index contributed by atoms with van der Waals surface area (Å²) in [5, 5.41) is 6.09. The minimum absolute atomic E-state index is 0.116. The Morgan fingerprint density at radius 2 is 1.88 bits per heavy atom. The van der Waals surface area contributed by atoms with E-state index in [1.54, 1.807) is 19.9 Å². The van der Waals surface area contributed by atoms with Crippen molar-refractivity contribution in [1.82, 2.24) is 10.6 Å². The molecule has 1 atom stereocenters. The second-order valence-corrected chi connectivity index (χ2v) is 7.27. The molecule has 0 bridgehead atoms. The molecule has 0 saturated heterocycles. The maximum absolute atomic E-state index is 11.9. The van der Waals surface area contributed by atoms with Gasteiger partial charge in [-0.1, -0.05) is 29.8 Å². The van der Waals surface area contributed by atoms with Crippen molar-refractivity contribution in [3.63, 3.8) is 0 Å². The lowest BCUT2D eigenvalue weighted by Gasteiger charge is -2.13. The van der Waals surface area contributed by atoms with Gasteiger partial charge in [-0.25, -0.2) is 9.59 Å². The van der Waals surface area contributed by atoms with Crippen molar-refractivity contribution in [3.8, 4) is 0 Å². The Kier molecular flexibility index (Phi) is 6.76. The van der Waals surface area contributed by atoms with Crippen molar-refractivity contribution in [1.29, 1.82) is 0 Å². The molecular weight excluding hydrogens is 376 g/mol. The second kappa shape index (κ2) is 8.82. The van der Waals surface area contributed by atoms with Crippen LogP contribution in [-0.2, 0) is 14.3 Å². The standard InChI is InChI=1S/C18H19ClN2O4S/c1-10(2)20-18(24)21-17(23)11(3)25-15(22)9-8-14-16(19)12-6-4-5-7-13(12)26-14/h4-11H,1-3H3,(H2,20,21,23,24)/b9-8+. The number of imide groups is 1. The third kappa shape index (κ3) is 5.31. The van der Waals surface area contributed by atoms with E-state index in [0.29, 0.717) is 5.02 Å². The van der Waals surface area contributed by atoms with Crippen LogP contribution >= 0.6 is 22.9 Å². The largest absolute Gasteiger partial charge is 0.449 e. The molecule has 2 N–H and O–H groups in total. The number of amides is 3. The zero-order valence-corrected chi connectivity index (χ0v) is 16.1. The maximum Gasteiger partial charge on any atom is 0.331 e. The number of carbonyl (C=O) groups is 3. The van der Waals surface area contributed by atoms with Crippen LogP contribution in [-0.4, -0.2) is 30.1 Å². The molecule has 6 nitrogen and oxygen atoms in total. The number of carbonyl (C=O) groups excluding carboxylic acids is 3. The lowest BCUT2D eigenvalue weighted by Crippen LogP contribution is -2.46. The van der Waals surface area contributed by atoms with E-state index in [2.05, 4.69) is 10.6 Å². The van der Waals surface area contributed by atoms with Gasteiger partial charge in [-0.2, -0.15) is 0 Å². The quantitative estimate of drug-likeness (QED) is 0.597. The third-order valence-electron chi connectivity index (χ3n) is 3.25. The van der Waals surface area contributed by atoms with E-state index in [1.807, 2.05) is 24.3 Å². The van der Waals surface area contributed by atoms with Crippen molar-refractivity contribution in [2.45, 2.75) is 32.9 Å². The maximum atomic E-state index is 11.9. The number of halogens is 1. The Bertz CT molecular complexity index is 860. The Morgan fingerprint density at radius 3 is 2.54 bits per heavy atom. The van der Waals surface area contributed by atoms with Crippen molar-refractivity contribution in [3.05, 3.63) is 40.2 Å². The van der Waals surface area contributed by atoms with Crippen LogP contribution in [0.2, 0.25) is 5.02 Å². The van der Waals surface area contributed by atoms with E-state index in [9.17, 15) is 14.4 Å². The van der Waals surface area contributed by atoms with Crippen LogP contribution in [0.3, 0.4) is 0 Å². The Balaban J connectivity index is 1.94.